The number of carbonyl (C=O) groups excluding carboxylic acids is 1. The maximum Gasteiger partial charge on any atom is 0.337 e. The number of hydrogen-bond acceptors (Lipinski definition) is 4. The number of pyridine rings is 1. The van der Waals surface area contributed by atoms with E-state index in [1.807, 2.05) is 11.8 Å². The third-order valence-electron chi connectivity index (χ3n) is 3.01. The molecule has 0 spiro atoms. The summed E-state index contributed by atoms with van der Waals surface area (Å²) in [7, 11) is 0. The van der Waals surface area contributed by atoms with Gasteiger partial charge in [0.1, 0.15) is 0 Å². The van der Waals surface area contributed by atoms with Gasteiger partial charge in [0.05, 0.1) is 17.4 Å². The van der Waals surface area contributed by atoms with Gasteiger partial charge in [0.25, 0.3) is 0 Å². The van der Waals surface area contributed by atoms with Crippen molar-refractivity contribution in [1.29, 1.82) is 0 Å². The highest BCUT2D eigenvalue weighted by atomic mass is 32.2. The monoisotopic (exact) mass is 295 g/mol. The molecule has 20 heavy (non-hydrogen) atoms. The van der Waals surface area contributed by atoms with E-state index in [1.54, 1.807) is 0 Å². The van der Waals surface area contributed by atoms with Crippen LogP contribution < -0.4 is 10.6 Å². The molecule has 0 bridgehead atoms. The van der Waals surface area contributed by atoms with Gasteiger partial charge in [-0.1, -0.05) is 6.42 Å². The minimum Gasteiger partial charge on any atom is -0.478 e. The van der Waals surface area contributed by atoms with E-state index in [0.717, 1.165) is 12.2 Å². The summed E-state index contributed by atoms with van der Waals surface area (Å²) in [5, 5.41) is 14.7. The predicted octanol–water partition coefficient (Wildman–Crippen LogP) is 2.19. The van der Waals surface area contributed by atoms with Crippen molar-refractivity contribution < 1.29 is 14.7 Å². The van der Waals surface area contributed by atoms with Crippen LogP contribution in [0.3, 0.4) is 0 Å². The molecule has 1 aliphatic heterocycles. The summed E-state index contributed by atoms with van der Waals surface area (Å²) >= 11 is 1.89. The van der Waals surface area contributed by atoms with Gasteiger partial charge >= 0.3 is 12.0 Å². The number of carboxylic acid groups (broad SMARTS) is 1. The lowest BCUT2D eigenvalue weighted by Crippen LogP contribution is -2.35. The fraction of sp³-hybridized carbons (Fsp3) is 0.462. The first-order chi connectivity index (χ1) is 9.65. The van der Waals surface area contributed by atoms with Crippen molar-refractivity contribution in [3.63, 3.8) is 0 Å². The van der Waals surface area contributed by atoms with Crippen LogP contribution in [0.1, 0.15) is 29.6 Å². The molecule has 1 atom stereocenters. The molecule has 3 N–H and O–H groups in total. The zero-order valence-corrected chi connectivity index (χ0v) is 11.8. The molecule has 1 aromatic heterocycles. The normalized spacial score (nSPS) is 18.3. The van der Waals surface area contributed by atoms with Gasteiger partial charge in [-0.2, -0.15) is 11.8 Å². The van der Waals surface area contributed by atoms with Crippen molar-refractivity contribution in [2.75, 3.05) is 17.6 Å². The number of amides is 2. The number of hydrogen-bond donors (Lipinski definition) is 3. The number of urea groups is 1. The Balaban J connectivity index is 1.81. The summed E-state index contributed by atoms with van der Waals surface area (Å²) in [5.74, 6) is 0.0820. The Kier molecular flexibility index (Phi) is 5.23. The lowest BCUT2D eigenvalue weighted by atomic mass is 10.2. The largest absolute Gasteiger partial charge is 0.478 e. The summed E-state index contributed by atoms with van der Waals surface area (Å²) in [5.41, 5.74) is 0.421. The first kappa shape index (κ1) is 14.6. The summed E-state index contributed by atoms with van der Waals surface area (Å²) in [6.07, 6.45) is 6.25. The number of aromatic carboxylic acids is 1. The minimum atomic E-state index is -1.07. The number of thioether (sulfide) groups is 1. The van der Waals surface area contributed by atoms with Crippen LogP contribution in [0.4, 0.5) is 10.5 Å². The molecule has 6 nitrogen and oxygen atoms in total. The maximum atomic E-state index is 11.7. The van der Waals surface area contributed by atoms with Gasteiger partial charge in [-0.3, -0.25) is 4.98 Å². The van der Waals surface area contributed by atoms with Crippen molar-refractivity contribution in [1.82, 2.24) is 10.3 Å². The fourth-order valence-corrected chi connectivity index (χ4v) is 3.21. The van der Waals surface area contributed by atoms with Gasteiger partial charge in [-0.15, -0.1) is 0 Å². The van der Waals surface area contributed by atoms with Crippen LogP contribution in [-0.4, -0.2) is 39.6 Å². The lowest BCUT2D eigenvalue weighted by Gasteiger charge is -2.21. The molecule has 0 radical (unpaired) electrons. The second-order valence-corrected chi connectivity index (χ2v) is 6.00. The number of nitrogens with zero attached hydrogens (tertiary/aromatic N) is 1. The lowest BCUT2D eigenvalue weighted by molar-refractivity contribution is 0.0696. The molecule has 108 valence electrons. The van der Waals surface area contributed by atoms with E-state index in [2.05, 4.69) is 15.6 Å². The summed E-state index contributed by atoms with van der Waals surface area (Å²) < 4.78 is 0. The molecule has 7 heteroatoms. The SMILES string of the molecule is O=C(NCC1CCCCS1)Nc1cncc(C(=O)O)c1. The summed E-state index contributed by atoms with van der Waals surface area (Å²) in [4.78, 5) is 26.3. The Labute approximate surface area is 121 Å². The molecule has 0 saturated carbocycles. The summed E-state index contributed by atoms with van der Waals surface area (Å²) in [6.45, 7) is 0.628. The minimum absolute atomic E-state index is 0.0469. The van der Waals surface area contributed by atoms with Gasteiger partial charge in [0.2, 0.25) is 0 Å². The van der Waals surface area contributed by atoms with E-state index in [1.165, 1.54) is 31.3 Å². The molecule has 2 heterocycles. The number of anilines is 1. The van der Waals surface area contributed by atoms with Crippen molar-refractivity contribution in [2.24, 2.45) is 0 Å². The van der Waals surface area contributed by atoms with E-state index in [9.17, 15) is 9.59 Å². The van der Waals surface area contributed by atoms with Gasteiger partial charge < -0.3 is 15.7 Å². The predicted molar refractivity (Wildman–Crippen MR) is 78.3 cm³/mol. The van der Waals surface area contributed by atoms with Gasteiger partial charge in [0, 0.05) is 18.0 Å². The Morgan fingerprint density at radius 1 is 1.40 bits per heavy atom. The van der Waals surface area contributed by atoms with Crippen molar-refractivity contribution in [2.45, 2.75) is 24.5 Å². The number of rotatable bonds is 4. The molecule has 1 fully saturated rings. The third kappa shape index (κ3) is 4.41. The Hall–Kier alpha value is -1.76. The van der Waals surface area contributed by atoms with E-state index in [4.69, 9.17) is 5.11 Å². The topological polar surface area (TPSA) is 91.3 Å². The van der Waals surface area contributed by atoms with Crippen molar-refractivity contribution in [3.05, 3.63) is 24.0 Å². The highest BCUT2D eigenvalue weighted by Gasteiger charge is 2.14. The fourth-order valence-electron chi connectivity index (χ4n) is 1.98. The average Bonchev–Trinajstić information content (AvgIpc) is 2.46. The maximum absolute atomic E-state index is 11.7. The Bertz CT molecular complexity index is 490. The second-order valence-electron chi connectivity index (χ2n) is 4.59. The third-order valence-corrected chi connectivity index (χ3v) is 4.41. The zero-order chi connectivity index (χ0) is 14.4. The number of carboxylic acids is 1. The number of nitrogens with one attached hydrogen (secondary N) is 2. The van der Waals surface area contributed by atoms with Gasteiger partial charge in [-0.05, 0) is 24.7 Å². The molecule has 2 amide bonds. The quantitative estimate of drug-likeness (QED) is 0.792. The second kappa shape index (κ2) is 7.14. The number of aromatic nitrogens is 1. The molecule has 2 rings (SSSR count). The van der Waals surface area contributed by atoms with E-state index in [-0.39, 0.29) is 11.6 Å². The smallest absolute Gasteiger partial charge is 0.337 e. The molecule has 1 aliphatic rings. The molecular weight excluding hydrogens is 278 g/mol. The van der Waals surface area contributed by atoms with Crippen LogP contribution >= 0.6 is 11.8 Å². The molecular formula is C13H17N3O3S. The van der Waals surface area contributed by atoms with Crippen LogP contribution in [-0.2, 0) is 0 Å². The molecule has 0 aromatic carbocycles. The van der Waals surface area contributed by atoms with Gasteiger partial charge in [0.15, 0.2) is 0 Å². The van der Waals surface area contributed by atoms with E-state index < -0.39 is 5.97 Å². The highest BCUT2D eigenvalue weighted by molar-refractivity contribution is 7.99. The van der Waals surface area contributed by atoms with Crippen LogP contribution in [0.2, 0.25) is 0 Å². The molecule has 0 aliphatic carbocycles. The van der Waals surface area contributed by atoms with E-state index in [0.29, 0.717) is 17.5 Å². The van der Waals surface area contributed by atoms with Crippen LogP contribution in [0.15, 0.2) is 18.5 Å². The average molecular weight is 295 g/mol. The summed E-state index contributed by atoms with van der Waals surface area (Å²) in [6, 6.07) is 1.05. The number of carbonyl (C=O) groups is 2. The molecule has 1 aromatic rings. The Morgan fingerprint density at radius 3 is 2.95 bits per heavy atom. The standard InChI is InChI=1S/C13H17N3O3S/c17-12(18)9-5-10(7-14-6-9)16-13(19)15-8-11-3-1-2-4-20-11/h5-7,11H,1-4,8H2,(H,17,18)(H2,15,16,19). The Morgan fingerprint density at radius 2 is 2.25 bits per heavy atom. The first-order valence-electron chi connectivity index (χ1n) is 6.50. The van der Waals surface area contributed by atoms with E-state index >= 15 is 0 Å². The highest BCUT2D eigenvalue weighted by Crippen LogP contribution is 2.24. The first-order valence-corrected chi connectivity index (χ1v) is 7.55. The van der Waals surface area contributed by atoms with Crippen LogP contribution in [0.25, 0.3) is 0 Å². The zero-order valence-electron chi connectivity index (χ0n) is 11.0. The van der Waals surface area contributed by atoms with Gasteiger partial charge in [-0.25, -0.2) is 9.59 Å². The molecule has 1 unspecified atom stereocenters. The van der Waals surface area contributed by atoms with Crippen molar-refractivity contribution in [3.8, 4) is 0 Å². The van der Waals surface area contributed by atoms with Crippen molar-refractivity contribution >= 4 is 29.4 Å². The molecule has 1 saturated heterocycles. The van der Waals surface area contributed by atoms with Crippen LogP contribution in [0.5, 0.6) is 0 Å². The van der Waals surface area contributed by atoms with Crippen LogP contribution in [0, 0.1) is 0 Å².